The zero-order valence-electron chi connectivity index (χ0n) is 17.4. The molecule has 9 nitrogen and oxygen atoms in total. The maximum Gasteiger partial charge on any atom is 0.266 e. The van der Waals surface area contributed by atoms with E-state index in [1.807, 2.05) is 12.1 Å². The first-order valence-electron chi connectivity index (χ1n) is 10.6. The monoisotopic (exact) mass is 419 g/mol. The van der Waals surface area contributed by atoms with Crippen molar-refractivity contribution in [1.29, 1.82) is 0 Å². The number of pyridine rings is 1. The molecule has 0 atom stereocenters. The highest BCUT2D eigenvalue weighted by Gasteiger charge is 2.23. The summed E-state index contributed by atoms with van der Waals surface area (Å²) in [6.45, 7) is 6.28. The molecule has 0 spiro atoms. The summed E-state index contributed by atoms with van der Waals surface area (Å²) >= 11 is 0. The van der Waals surface area contributed by atoms with Gasteiger partial charge >= 0.3 is 0 Å². The summed E-state index contributed by atoms with van der Waals surface area (Å²) in [7, 11) is 0. The average molecular weight is 419 g/mol. The van der Waals surface area contributed by atoms with Crippen LogP contribution in [-0.2, 0) is 24.3 Å². The Balaban J connectivity index is 1.21. The number of fused-ring (bicyclic) bond motifs is 1. The molecular weight excluding hydrogens is 394 g/mol. The van der Waals surface area contributed by atoms with Gasteiger partial charge in [-0.2, -0.15) is 5.10 Å². The fourth-order valence-electron chi connectivity index (χ4n) is 4.12. The molecule has 160 valence electrons. The van der Waals surface area contributed by atoms with E-state index in [0.29, 0.717) is 13.2 Å². The molecule has 0 N–H and O–H groups in total. The molecule has 3 aromatic rings. The van der Waals surface area contributed by atoms with E-state index in [4.69, 9.17) is 4.74 Å². The van der Waals surface area contributed by atoms with Gasteiger partial charge in [-0.25, -0.2) is 14.6 Å². The predicted molar refractivity (Wildman–Crippen MR) is 116 cm³/mol. The van der Waals surface area contributed by atoms with Gasteiger partial charge < -0.3 is 9.64 Å². The summed E-state index contributed by atoms with van der Waals surface area (Å²) in [5.74, 6) is 1.01. The fourth-order valence-corrected chi connectivity index (χ4v) is 4.12. The molecule has 0 aromatic carbocycles. The Kier molecular flexibility index (Phi) is 5.68. The van der Waals surface area contributed by atoms with Crippen molar-refractivity contribution in [2.24, 2.45) is 0 Å². The molecule has 2 aliphatic rings. The molecule has 3 aromatic heterocycles. The summed E-state index contributed by atoms with van der Waals surface area (Å²) in [4.78, 5) is 30.0. The zero-order chi connectivity index (χ0) is 21.0. The fraction of sp³-hybridized carbons (Fsp3) is 0.409. The van der Waals surface area contributed by atoms with Crippen LogP contribution in [0.25, 0.3) is 11.3 Å². The number of hydrogen-bond donors (Lipinski definition) is 0. The normalized spacial score (nSPS) is 16.8. The van der Waals surface area contributed by atoms with Crippen LogP contribution < -0.4 is 10.5 Å². The van der Waals surface area contributed by atoms with Crippen molar-refractivity contribution in [3.63, 3.8) is 0 Å². The third-order valence-corrected chi connectivity index (χ3v) is 5.88. The molecule has 2 aliphatic heterocycles. The van der Waals surface area contributed by atoms with Crippen molar-refractivity contribution in [3.05, 3.63) is 64.6 Å². The number of piperazine rings is 1. The lowest BCUT2D eigenvalue weighted by molar-refractivity contribution is 0.109. The summed E-state index contributed by atoms with van der Waals surface area (Å²) in [5, 5.41) is 4.55. The Morgan fingerprint density at radius 3 is 2.65 bits per heavy atom. The van der Waals surface area contributed by atoms with E-state index in [0.717, 1.165) is 74.1 Å². The van der Waals surface area contributed by atoms with Gasteiger partial charge in [-0.3, -0.25) is 14.7 Å². The van der Waals surface area contributed by atoms with Crippen LogP contribution in [0, 0.1) is 0 Å². The number of ether oxygens (including phenoxy) is 1. The average Bonchev–Trinajstić information content (AvgIpc) is 2.84. The second-order valence-corrected chi connectivity index (χ2v) is 7.77. The van der Waals surface area contributed by atoms with Crippen molar-refractivity contribution in [3.8, 4) is 11.3 Å². The number of aromatic nitrogens is 5. The second kappa shape index (κ2) is 8.91. The van der Waals surface area contributed by atoms with Gasteiger partial charge in [0.1, 0.15) is 12.1 Å². The van der Waals surface area contributed by atoms with Crippen molar-refractivity contribution in [2.45, 2.75) is 19.6 Å². The van der Waals surface area contributed by atoms with Gasteiger partial charge in [-0.05, 0) is 18.2 Å². The first kappa shape index (κ1) is 19.8. The lowest BCUT2D eigenvalue weighted by atomic mass is 10.1. The molecule has 0 aliphatic carbocycles. The van der Waals surface area contributed by atoms with E-state index in [2.05, 4.69) is 29.9 Å². The zero-order valence-corrected chi connectivity index (χ0v) is 17.4. The van der Waals surface area contributed by atoms with E-state index in [9.17, 15) is 4.79 Å². The topological polar surface area (TPSA) is 89.3 Å². The maximum atomic E-state index is 12.3. The lowest BCUT2D eigenvalue weighted by Gasteiger charge is -2.36. The van der Waals surface area contributed by atoms with E-state index < -0.39 is 0 Å². The highest BCUT2D eigenvalue weighted by molar-refractivity contribution is 5.57. The lowest BCUT2D eigenvalue weighted by Crippen LogP contribution is -2.48. The van der Waals surface area contributed by atoms with Gasteiger partial charge in [0.25, 0.3) is 5.56 Å². The van der Waals surface area contributed by atoms with Crippen molar-refractivity contribution in [2.75, 3.05) is 44.2 Å². The largest absolute Gasteiger partial charge is 0.376 e. The number of hydrogen-bond acceptors (Lipinski definition) is 8. The number of anilines is 1. The van der Waals surface area contributed by atoms with Gasteiger partial charge in [-0.1, -0.05) is 0 Å². The standard InChI is InChI=1S/C22H25N7O2/c30-21-2-1-19(17-3-6-23-7-4-17)26-29(21)13-10-27-8-11-28(12-9-27)22-18-15-31-14-5-20(18)24-16-25-22/h1-4,6-7,16H,5,8-15H2. The van der Waals surface area contributed by atoms with E-state index in [1.54, 1.807) is 35.5 Å². The summed E-state index contributed by atoms with van der Waals surface area (Å²) in [6, 6.07) is 7.14. The molecule has 0 bridgehead atoms. The molecule has 9 heteroatoms. The molecule has 5 rings (SSSR count). The molecule has 5 heterocycles. The maximum absolute atomic E-state index is 12.3. The Bertz CT molecular complexity index is 1090. The first-order chi connectivity index (χ1) is 15.3. The molecule has 0 saturated carbocycles. The third kappa shape index (κ3) is 4.33. The minimum atomic E-state index is -0.0796. The van der Waals surface area contributed by atoms with Gasteiger partial charge in [0.2, 0.25) is 0 Å². The van der Waals surface area contributed by atoms with Gasteiger partial charge in [0.15, 0.2) is 0 Å². The highest BCUT2D eigenvalue weighted by Crippen LogP contribution is 2.25. The van der Waals surface area contributed by atoms with Crippen LogP contribution >= 0.6 is 0 Å². The van der Waals surface area contributed by atoms with Crippen LogP contribution in [0.2, 0.25) is 0 Å². The van der Waals surface area contributed by atoms with Crippen molar-refractivity contribution < 1.29 is 4.74 Å². The van der Waals surface area contributed by atoms with Crippen LogP contribution in [0.5, 0.6) is 0 Å². The van der Waals surface area contributed by atoms with Crippen molar-refractivity contribution in [1.82, 2.24) is 29.6 Å². The molecule has 1 saturated heterocycles. The predicted octanol–water partition coefficient (Wildman–Crippen LogP) is 0.990. The number of nitrogens with zero attached hydrogens (tertiary/aromatic N) is 7. The second-order valence-electron chi connectivity index (χ2n) is 7.77. The van der Waals surface area contributed by atoms with Crippen LogP contribution in [0.1, 0.15) is 11.3 Å². The quantitative estimate of drug-likeness (QED) is 0.605. The van der Waals surface area contributed by atoms with E-state index >= 15 is 0 Å². The minimum Gasteiger partial charge on any atom is -0.376 e. The molecule has 0 amide bonds. The van der Waals surface area contributed by atoms with Gasteiger partial charge in [0, 0.05) is 68.7 Å². The number of rotatable bonds is 5. The molecule has 0 unspecified atom stereocenters. The molecular formula is C22H25N7O2. The Morgan fingerprint density at radius 2 is 1.81 bits per heavy atom. The SMILES string of the molecule is O=c1ccc(-c2ccncc2)nn1CCN1CCN(c2ncnc3c2COCC3)CC1. The molecule has 1 fully saturated rings. The third-order valence-electron chi connectivity index (χ3n) is 5.88. The van der Waals surface area contributed by atoms with E-state index in [-0.39, 0.29) is 5.56 Å². The minimum absolute atomic E-state index is 0.0796. The molecule has 0 radical (unpaired) electrons. The van der Waals surface area contributed by atoms with Crippen LogP contribution in [0.4, 0.5) is 5.82 Å². The van der Waals surface area contributed by atoms with Crippen LogP contribution in [-0.4, -0.2) is 69.0 Å². The molecule has 31 heavy (non-hydrogen) atoms. The smallest absolute Gasteiger partial charge is 0.266 e. The Labute approximate surface area is 180 Å². The highest BCUT2D eigenvalue weighted by atomic mass is 16.5. The van der Waals surface area contributed by atoms with E-state index in [1.165, 1.54) is 0 Å². The summed E-state index contributed by atoms with van der Waals surface area (Å²) in [5.41, 5.74) is 3.89. The van der Waals surface area contributed by atoms with Crippen LogP contribution in [0.3, 0.4) is 0 Å². The Hall–Kier alpha value is -3.17. The summed E-state index contributed by atoms with van der Waals surface area (Å²) in [6.07, 6.45) is 5.98. The Morgan fingerprint density at radius 1 is 0.968 bits per heavy atom. The first-order valence-corrected chi connectivity index (χ1v) is 10.6. The van der Waals surface area contributed by atoms with Crippen LogP contribution in [0.15, 0.2) is 47.8 Å². The van der Waals surface area contributed by atoms with Crippen molar-refractivity contribution >= 4 is 5.82 Å². The van der Waals surface area contributed by atoms with Gasteiger partial charge in [-0.15, -0.1) is 0 Å². The summed E-state index contributed by atoms with van der Waals surface area (Å²) < 4.78 is 7.18. The van der Waals surface area contributed by atoms with Gasteiger partial charge in [0.05, 0.1) is 31.1 Å².